The Balaban J connectivity index is 5.08. The zero-order valence-corrected chi connectivity index (χ0v) is 15.0. The third-order valence-corrected chi connectivity index (χ3v) is 4.28. The third-order valence-electron chi connectivity index (χ3n) is 3.36. The van der Waals surface area contributed by atoms with Gasteiger partial charge >= 0.3 is 13.8 Å². The first-order valence-corrected chi connectivity index (χ1v) is 9.00. The highest BCUT2D eigenvalue weighted by Gasteiger charge is 2.42. The minimum atomic E-state index is -5.57. The van der Waals surface area contributed by atoms with Crippen molar-refractivity contribution in [1.29, 1.82) is 0 Å². The molecule has 0 aromatic heterocycles. The van der Waals surface area contributed by atoms with Crippen molar-refractivity contribution >= 4 is 20.1 Å². The van der Waals surface area contributed by atoms with Crippen molar-refractivity contribution in [3.63, 3.8) is 0 Å². The molecular weight excluding hydrogens is 415 g/mol. The Labute approximate surface area is 157 Å². The van der Waals surface area contributed by atoms with E-state index in [1.54, 1.807) is 0 Å². The summed E-state index contributed by atoms with van der Waals surface area (Å²) in [5.41, 5.74) is 0. The fourth-order valence-corrected chi connectivity index (χ4v) is 2.56. The number of aliphatic hydroxyl groups excluding tert-OH is 9. The Hall–Kier alpha value is -1.07. The molecule has 166 valence electrons. The summed E-state index contributed by atoms with van der Waals surface area (Å²) < 4.78 is 19.7. The lowest BCUT2D eigenvalue weighted by molar-refractivity contribution is -0.164. The molecule has 0 rings (SSSR count). The minimum absolute atomic E-state index is 0.304. The Morgan fingerprint density at radius 1 is 0.857 bits per heavy atom. The number of hydrogen-bond donors (Lipinski definition) is 10. The molecular formula is C12H23O15P. The molecule has 0 aromatic rings. The highest BCUT2D eigenvalue weighted by atomic mass is 31.2. The zero-order valence-electron chi connectivity index (χ0n) is 14.1. The van der Waals surface area contributed by atoms with Crippen LogP contribution in [0.25, 0.3) is 0 Å². The van der Waals surface area contributed by atoms with E-state index < -0.39 is 75.8 Å². The van der Waals surface area contributed by atoms with E-state index in [9.17, 15) is 44.6 Å². The van der Waals surface area contributed by atoms with Gasteiger partial charge in [0.25, 0.3) is 0 Å². The van der Waals surface area contributed by atoms with Crippen LogP contribution in [0.15, 0.2) is 0 Å². The maximum Gasteiger partial charge on any atom is 0.530 e. The molecule has 0 heterocycles. The second-order valence-corrected chi connectivity index (χ2v) is 6.82. The molecule has 15 nitrogen and oxygen atoms in total. The van der Waals surface area contributed by atoms with Crippen LogP contribution in [-0.2, 0) is 23.2 Å². The largest absolute Gasteiger partial charge is 0.530 e. The molecule has 0 saturated heterocycles. The molecule has 9 atom stereocenters. The predicted molar refractivity (Wildman–Crippen MR) is 83.1 cm³/mol. The van der Waals surface area contributed by atoms with Crippen molar-refractivity contribution in [2.45, 2.75) is 48.8 Å². The van der Waals surface area contributed by atoms with Crippen molar-refractivity contribution in [1.82, 2.24) is 0 Å². The predicted octanol–water partition coefficient (Wildman–Crippen LogP) is -6.27. The summed E-state index contributed by atoms with van der Waals surface area (Å²) in [4.78, 5) is 31.9. The van der Waals surface area contributed by atoms with Gasteiger partial charge in [0.2, 0.25) is 0 Å². The van der Waals surface area contributed by atoms with Crippen molar-refractivity contribution in [2.24, 2.45) is 0 Å². The van der Waals surface area contributed by atoms with E-state index in [1.807, 2.05) is 0 Å². The average molecular weight is 438 g/mol. The molecule has 5 unspecified atom stereocenters. The van der Waals surface area contributed by atoms with Gasteiger partial charge in [0.05, 0.1) is 13.2 Å². The molecule has 10 N–H and O–H groups in total. The Morgan fingerprint density at radius 2 is 1.29 bits per heavy atom. The van der Waals surface area contributed by atoms with Crippen molar-refractivity contribution in [3.8, 4) is 0 Å². The SMILES string of the molecule is O=C[C@H](OP(=O)(O)OC(=O)C(O)C(O)C(O)C(O)CO)[C@@H](O)[C@H](O)[C@H](O)CO. The van der Waals surface area contributed by atoms with Gasteiger partial charge < -0.3 is 55.3 Å². The molecule has 0 aromatic carbocycles. The van der Waals surface area contributed by atoms with Crippen LogP contribution >= 0.6 is 7.82 Å². The zero-order chi connectivity index (χ0) is 22.2. The van der Waals surface area contributed by atoms with E-state index in [0.717, 1.165) is 0 Å². The highest BCUT2D eigenvalue weighted by Crippen LogP contribution is 2.45. The fourth-order valence-electron chi connectivity index (χ4n) is 1.70. The lowest BCUT2D eigenvalue weighted by Gasteiger charge is -2.27. The summed E-state index contributed by atoms with van der Waals surface area (Å²) in [6, 6.07) is 0. The van der Waals surface area contributed by atoms with Gasteiger partial charge in [-0.15, -0.1) is 0 Å². The third kappa shape index (κ3) is 7.75. The van der Waals surface area contributed by atoms with E-state index in [2.05, 4.69) is 9.05 Å². The van der Waals surface area contributed by atoms with Gasteiger partial charge in [-0.1, -0.05) is 0 Å². The molecule has 0 spiro atoms. The van der Waals surface area contributed by atoms with E-state index >= 15 is 0 Å². The summed E-state index contributed by atoms with van der Waals surface area (Å²) in [6.07, 6.45) is -18.6. The number of aldehydes is 1. The highest BCUT2D eigenvalue weighted by molar-refractivity contribution is 7.48. The van der Waals surface area contributed by atoms with Gasteiger partial charge in [-0.3, -0.25) is 9.42 Å². The van der Waals surface area contributed by atoms with Crippen molar-refractivity contribution in [2.75, 3.05) is 13.2 Å². The van der Waals surface area contributed by atoms with Crippen LogP contribution in [-0.4, -0.2) is 125 Å². The fraction of sp³-hybridized carbons (Fsp3) is 0.833. The standard InChI is InChI=1S/C12H23O15P/c13-1-4(16)7(18)9(20)6(3-15)26-28(24,25)27-12(23)11(22)10(21)8(19)5(17)2-14/h3-11,13-14,16-22H,1-2H2,(H,24,25)/t4-,5?,6+,7-,8?,9-,10?,11?/m1/s1. The summed E-state index contributed by atoms with van der Waals surface area (Å²) in [5.74, 6) is -2.06. The maximum absolute atomic E-state index is 11.7. The summed E-state index contributed by atoms with van der Waals surface area (Å²) >= 11 is 0. The van der Waals surface area contributed by atoms with Crippen molar-refractivity contribution < 1.29 is 74.1 Å². The Bertz CT molecular complexity index is 543. The molecule has 0 saturated carbocycles. The molecule has 28 heavy (non-hydrogen) atoms. The first kappa shape index (κ1) is 26.9. The van der Waals surface area contributed by atoms with Crippen LogP contribution < -0.4 is 0 Å². The molecule has 0 radical (unpaired) electrons. The van der Waals surface area contributed by atoms with Crippen LogP contribution in [0.4, 0.5) is 0 Å². The smallest absolute Gasteiger partial charge is 0.394 e. The quantitative estimate of drug-likeness (QED) is 0.0946. The van der Waals surface area contributed by atoms with Gasteiger partial charge in [-0.25, -0.2) is 9.36 Å². The van der Waals surface area contributed by atoms with Gasteiger partial charge in [-0.05, 0) is 0 Å². The van der Waals surface area contributed by atoms with Gasteiger partial charge in [0, 0.05) is 0 Å². The molecule has 0 aliphatic heterocycles. The summed E-state index contributed by atoms with van der Waals surface area (Å²) in [6.45, 7) is -2.12. The molecule has 0 bridgehead atoms. The molecule has 0 fully saturated rings. The molecule has 0 aliphatic carbocycles. The Morgan fingerprint density at radius 3 is 1.68 bits per heavy atom. The minimum Gasteiger partial charge on any atom is -0.394 e. The number of hydrogen-bond acceptors (Lipinski definition) is 14. The number of carbonyl (C=O) groups excluding carboxylic acids is 2. The van der Waals surface area contributed by atoms with E-state index in [-0.39, 0.29) is 6.29 Å². The first-order valence-electron chi connectivity index (χ1n) is 7.51. The van der Waals surface area contributed by atoms with E-state index in [4.69, 9.17) is 20.4 Å². The second kappa shape index (κ2) is 11.8. The topological polar surface area (TPSA) is 272 Å². The van der Waals surface area contributed by atoms with Crippen LogP contribution in [0.2, 0.25) is 0 Å². The number of rotatable bonds is 13. The molecule has 0 amide bonds. The van der Waals surface area contributed by atoms with Gasteiger partial charge in [0.15, 0.2) is 18.5 Å². The maximum atomic E-state index is 11.7. The normalized spacial score (nSPS) is 22.6. The van der Waals surface area contributed by atoms with E-state index in [1.165, 1.54) is 0 Å². The van der Waals surface area contributed by atoms with Crippen LogP contribution in [0.1, 0.15) is 0 Å². The number of carbonyl (C=O) groups is 2. The lowest BCUT2D eigenvalue weighted by atomic mass is 10.0. The van der Waals surface area contributed by atoms with Crippen LogP contribution in [0.5, 0.6) is 0 Å². The first-order chi connectivity index (χ1) is 12.8. The number of phosphoric acid groups is 1. The second-order valence-electron chi connectivity index (χ2n) is 5.49. The van der Waals surface area contributed by atoms with Crippen molar-refractivity contribution in [3.05, 3.63) is 0 Å². The average Bonchev–Trinajstić information content (AvgIpc) is 2.67. The summed E-state index contributed by atoms with van der Waals surface area (Å²) in [7, 11) is -5.57. The van der Waals surface area contributed by atoms with Crippen LogP contribution in [0.3, 0.4) is 0 Å². The molecule has 16 heteroatoms. The van der Waals surface area contributed by atoms with Gasteiger partial charge in [0.1, 0.15) is 36.6 Å². The number of aliphatic hydroxyl groups is 9. The van der Waals surface area contributed by atoms with Crippen LogP contribution in [0, 0.1) is 0 Å². The summed E-state index contributed by atoms with van der Waals surface area (Å²) in [5, 5.41) is 82.9. The lowest BCUT2D eigenvalue weighted by Crippen LogP contribution is -2.49. The van der Waals surface area contributed by atoms with E-state index in [0.29, 0.717) is 0 Å². The molecule has 0 aliphatic rings. The number of phosphoric ester groups is 1. The van der Waals surface area contributed by atoms with Gasteiger partial charge in [-0.2, -0.15) is 0 Å². The monoisotopic (exact) mass is 438 g/mol. The Kier molecular flexibility index (Phi) is 11.4.